The fourth-order valence-corrected chi connectivity index (χ4v) is 0.942. The standard InChI is InChI=1S/C7H7NO5/c9-3-4-1-2-5(10)7(11)6(4)8(12)13/h1-2,9-11H,3H2. The quantitative estimate of drug-likeness (QED) is 0.353. The summed E-state index contributed by atoms with van der Waals surface area (Å²) >= 11 is 0. The Labute approximate surface area is 72.8 Å². The van der Waals surface area contributed by atoms with Crippen molar-refractivity contribution in [2.24, 2.45) is 0 Å². The van der Waals surface area contributed by atoms with Crippen molar-refractivity contribution in [3.8, 4) is 11.5 Å². The molecule has 0 aromatic heterocycles. The highest BCUT2D eigenvalue weighted by atomic mass is 16.6. The van der Waals surface area contributed by atoms with Crippen LogP contribution in [0.25, 0.3) is 0 Å². The lowest BCUT2D eigenvalue weighted by atomic mass is 10.1. The summed E-state index contributed by atoms with van der Waals surface area (Å²) in [6.45, 7) is -0.565. The molecule has 0 amide bonds. The van der Waals surface area contributed by atoms with Crippen molar-refractivity contribution < 1.29 is 20.2 Å². The van der Waals surface area contributed by atoms with Gasteiger partial charge < -0.3 is 15.3 Å². The van der Waals surface area contributed by atoms with Crippen LogP contribution in [0.1, 0.15) is 5.56 Å². The molecule has 0 aliphatic rings. The van der Waals surface area contributed by atoms with E-state index in [-0.39, 0.29) is 5.56 Å². The van der Waals surface area contributed by atoms with Crippen LogP contribution in [0.4, 0.5) is 5.69 Å². The summed E-state index contributed by atoms with van der Waals surface area (Å²) in [5.41, 5.74) is -0.706. The maximum atomic E-state index is 10.4. The van der Waals surface area contributed by atoms with Crippen LogP contribution >= 0.6 is 0 Å². The van der Waals surface area contributed by atoms with Crippen LogP contribution in [0.3, 0.4) is 0 Å². The summed E-state index contributed by atoms with van der Waals surface area (Å²) < 4.78 is 0. The molecule has 0 aliphatic carbocycles. The summed E-state index contributed by atoms with van der Waals surface area (Å²) in [6.07, 6.45) is 0. The van der Waals surface area contributed by atoms with Gasteiger partial charge in [-0.05, 0) is 12.1 Å². The van der Waals surface area contributed by atoms with Crippen molar-refractivity contribution in [3.63, 3.8) is 0 Å². The molecule has 0 fully saturated rings. The van der Waals surface area contributed by atoms with Gasteiger partial charge in [-0.25, -0.2) is 0 Å². The van der Waals surface area contributed by atoms with Crippen molar-refractivity contribution in [1.82, 2.24) is 0 Å². The van der Waals surface area contributed by atoms with Crippen LogP contribution in [0, 0.1) is 10.1 Å². The fraction of sp³-hybridized carbons (Fsp3) is 0.143. The van der Waals surface area contributed by atoms with Gasteiger partial charge in [0.15, 0.2) is 5.75 Å². The summed E-state index contributed by atoms with van der Waals surface area (Å²) in [7, 11) is 0. The van der Waals surface area contributed by atoms with Crippen molar-refractivity contribution in [2.75, 3.05) is 0 Å². The average Bonchev–Trinajstić information content (AvgIpc) is 2.08. The number of hydrogen-bond acceptors (Lipinski definition) is 5. The molecule has 0 saturated heterocycles. The zero-order valence-corrected chi connectivity index (χ0v) is 6.47. The van der Waals surface area contributed by atoms with Gasteiger partial charge in [0.25, 0.3) is 0 Å². The van der Waals surface area contributed by atoms with E-state index in [1.54, 1.807) is 0 Å². The normalized spacial score (nSPS) is 9.92. The Kier molecular flexibility index (Phi) is 2.34. The van der Waals surface area contributed by atoms with Gasteiger partial charge in [-0.3, -0.25) is 10.1 Å². The number of aromatic hydroxyl groups is 2. The predicted octanol–water partition coefficient (Wildman–Crippen LogP) is 0.498. The summed E-state index contributed by atoms with van der Waals surface area (Å²) in [6, 6.07) is 2.25. The van der Waals surface area contributed by atoms with Gasteiger partial charge in [-0.1, -0.05) is 0 Å². The number of phenolic OH excluding ortho intramolecular Hbond substituents is 2. The van der Waals surface area contributed by atoms with E-state index in [1.165, 1.54) is 6.07 Å². The third-order valence-corrected chi connectivity index (χ3v) is 1.57. The van der Waals surface area contributed by atoms with Gasteiger partial charge in [0.05, 0.1) is 17.1 Å². The zero-order chi connectivity index (χ0) is 10.0. The number of aliphatic hydroxyl groups is 1. The van der Waals surface area contributed by atoms with Crippen LogP contribution in [-0.2, 0) is 6.61 Å². The largest absolute Gasteiger partial charge is 0.504 e. The molecule has 0 unspecified atom stereocenters. The molecular formula is C7H7NO5. The molecular weight excluding hydrogens is 178 g/mol. The van der Waals surface area contributed by atoms with E-state index in [0.29, 0.717) is 0 Å². The highest BCUT2D eigenvalue weighted by Crippen LogP contribution is 2.37. The fourth-order valence-electron chi connectivity index (χ4n) is 0.942. The van der Waals surface area contributed by atoms with Crippen molar-refractivity contribution in [2.45, 2.75) is 6.61 Å². The minimum Gasteiger partial charge on any atom is -0.504 e. The maximum absolute atomic E-state index is 10.4. The number of aliphatic hydroxyl groups excluding tert-OH is 1. The van der Waals surface area contributed by atoms with E-state index in [1.807, 2.05) is 0 Å². The first kappa shape index (κ1) is 9.27. The summed E-state index contributed by atoms with van der Waals surface area (Å²) in [5, 5.41) is 37.1. The lowest BCUT2D eigenvalue weighted by molar-refractivity contribution is -0.386. The molecule has 0 saturated carbocycles. The molecule has 6 heteroatoms. The van der Waals surface area contributed by atoms with Crippen LogP contribution in [-0.4, -0.2) is 20.2 Å². The van der Waals surface area contributed by atoms with Gasteiger partial charge in [-0.2, -0.15) is 0 Å². The molecule has 0 spiro atoms. The van der Waals surface area contributed by atoms with Crippen LogP contribution < -0.4 is 0 Å². The van der Waals surface area contributed by atoms with Crippen LogP contribution in [0.2, 0.25) is 0 Å². The lowest BCUT2D eigenvalue weighted by Crippen LogP contribution is -1.95. The van der Waals surface area contributed by atoms with Gasteiger partial charge in [0, 0.05) is 0 Å². The highest BCUT2D eigenvalue weighted by molar-refractivity contribution is 5.58. The zero-order valence-electron chi connectivity index (χ0n) is 6.47. The van der Waals surface area contributed by atoms with Crippen molar-refractivity contribution >= 4 is 5.69 Å². The molecule has 0 atom stereocenters. The molecule has 0 radical (unpaired) electrons. The smallest absolute Gasteiger partial charge is 0.320 e. The van der Waals surface area contributed by atoms with E-state index < -0.39 is 28.7 Å². The molecule has 13 heavy (non-hydrogen) atoms. The number of benzene rings is 1. The second-order valence-electron chi connectivity index (χ2n) is 2.36. The summed E-state index contributed by atoms with van der Waals surface area (Å²) in [5.74, 6) is -1.40. The second-order valence-corrected chi connectivity index (χ2v) is 2.36. The molecule has 1 aromatic rings. The topological polar surface area (TPSA) is 104 Å². The number of rotatable bonds is 2. The number of nitro groups is 1. The molecule has 0 heterocycles. The van der Waals surface area contributed by atoms with E-state index in [0.717, 1.165) is 6.07 Å². The Morgan fingerprint density at radius 3 is 2.46 bits per heavy atom. The number of hydrogen-bond donors (Lipinski definition) is 3. The van der Waals surface area contributed by atoms with Gasteiger partial charge in [0.1, 0.15) is 0 Å². The predicted molar refractivity (Wildman–Crippen MR) is 42.3 cm³/mol. The minimum absolute atomic E-state index is 0.0414. The van der Waals surface area contributed by atoms with Gasteiger partial charge >= 0.3 is 5.69 Å². The lowest BCUT2D eigenvalue weighted by Gasteiger charge is -2.02. The monoisotopic (exact) mass is 185 g/mol. The minimum atomic E-state index is -0.861. The Balaban J connectivity index is 3.41. The molecule has 1 rings (SSSR count). The van der Waals surface area contributed by atoms with E-state index in [9.17, 15) is 10.1 Å². The SMILES string of the molecule is O=[N+]([O-])c1c(CO)ccc(O)c1O. The maximum Gasteiger partial charge on any atom is 0.320 e. The number of phenols is 2. The first-order chi connectivity index (χ1) is 6.07. The van der Waals surface area contributed by atoms with E-state index >= 15 is 0 Å². The number of nitro benzene ring substituents is 1. The first-order valence-corrected chi connectivity index (χ1v) is 3.37. The summed E-state index contributed by atoms with van der Waals surface area (Å²) in [4.78, 5) is 9.52. The first-order valence-electron chi connectivity index (χ1n) is 3.37. The van der Waals surface area contributed by atoms with Crippen LogP contribution in [0.15, 0.2) is 12.1 Å². The Hall–Kier alpha value is -1.82. The van der Waals surface area contributed by atoms with Crippen molar-refractivity contribution in [1.29, 1.82) is 0 Å². The van der Waals surface area contributed by atoms with E-state index in [4.69, 9.17) is 15.3 Å². The number of nitrogens with zero attached hydrogens (tertiary/aromatic N) is 1. The van der Waals surface area contributed by atoms with E-state index in [2.05, 4.69) is 0 Å². The van der Waals surface area contributed by atoms with Crippen LogP contribution in [0.5, 0.6) is 11.5 Å². The third kappa shape index (κ3) is 1.52. The third-order valence-electron chi connectivity index (χ3n) is 1.57. The second kappa shape index (κ2) is 3.28. The molecule has 6 nitrogen and oxygen atoms in total. The highest BCUT2D eigenvalue weighted by Gasteiger charge is 2.21. The average molecular weight is 185 g/mol. The van der Waals surface area contributed by atoms with Crippen molar-refractivity contribution in [3.05, 3.63) is 27.8 Å². The molecule has 0 bridgehead atoms. The molecule has 0 aliphatic heterocycles. The molecule has 70 valence electrons. The Morgan fingerprint density at radius 1 is 1.38 bits per heavy atom. The Morgan fingerprint density at radius 2 is 2.00 bits per heavy atom. The molecule has 3 N–H and O–H groups in total. The molecule has 1 aromatic carbocycles. The Bertz CT molecular complexity index is 349. The van der Waals surface area contributed by atoms with Gasteiger partial charge in [0.2, 0.25) is 5.75 Å². The van der Waals surface area contributed by atoms with Gasteiger partial charge in [-0.15, -0.1) is 0 Å².